The van der Waals surface area contributed by atoms with Crippen molar-refractivity contribution in [1.82, 2.24) is 0 Å². The Labute approximate surface area is 153 Å². The van der Waals surface area contributed by atoms with Crippen molar-refractivity contribution < 1.29 is 14.6 Å². The van der Waals surface area contributed by atoms with Gasteiger partial charge in [-0.05, 0) is 60.8 Å². The molecular formula is C22H36O3. The van der Waals surface area contributed by atoms with Crippen LogP contribution in [0.15, 0.2) is 12.1 Å². The predicted octanol–water partition coefficient (Wildman–Crippen LogP) is 5.68. The van der Waals surface area contributed by atoms with E-state index in [-0.39, 0.29) is 0 Å². The van der Waals surface area contributed by atoms with Crippen LogP contribution in [0.25, 0.3) is 0 Å². The Kier molecular flexibility index (Phi) is 10.5. The van der Waals surface area contributed by atoms with Crippen LogP contribution in [-0.2, 0) is 24.0 Å². The van der Waals surface area contributed by atoms with Crippen LogP contribution in [0.2, 0.25) is 0 Å². The molecule has 0 saturated heterocycles. The van der Waals surface area contributed by atoms with E-state index in [1.165, 1.54) is 30.4 Å². The summed E-state index contributed by atoms with van der Waals surface area (Å²) in [7, 11) is 1.67. The topological polar surface area (TPSA) is 46.5 Å². The molecule has 0 aromatic heterocycles. The highest BCUT2D eigenvalue weighted by Crippen LogP contribution is 2.25. The van der Waals surface area contributed by atoms with Crippen LogP contribution in [-0.4, -0.2) is 24.8 Å². The maximum absolute atomic E-state index is 11.7. The van der Waals surface area contributed by atoms with E-state index < -0.39 is 5.97 Å². The van der Waals surface area contributed by atoms with Gasteiger partial charge in [0.05, 0.1) is 12.2 Å². The van der Waals surface area contributed by atoms with Crippen LogP contribution in [0, 0.1) is 5.92 Å². The molecule has 0 heterocycles. The number of carboxylic acid groups (broad SMARTS) is 1. The van der Waals surface area contributed by atoms with E-state index in [2.05, 4.69) is 20.8 Å². The van der Waals surface area contributed by atoms with E-state index in [1.807, 2.05) is 6.07 Å². The van der Waals surface area contributed by atoms with Gasteiger partial charge in [0.2, 0.25) is 0 Å². The molecule has 0 unspecified atom stereocenters. The lowest BCUT2D eigenvalue weighted by atomic mass is 9.88. The number of benzene rings is 1. The summed E-state index contributed by atoms with van der Waals surface area (Å²) in [6.07, 6.45) is 9.89. The predicted molar refractivity (Wildman–Crippen MR) is 105 cm³/mol. The summed E-state index contributed by atoms with van der Waals surface area (Å²) >= 11 is 0. The summed E-state index contributed by atoms with van der Waals surface area (Å²) < 4.78 is 5.23. The van der Waals surface area contributed by atoms with Gasteiger partial charge in [-0.15, -0.1) is 0 Å². The number of hydrogen-bond donors (Lipinski definition) is 1. The Morgan fingerprint density at radius 2 is 1.80 bits per heavy atom. The van der Waals surface area contributed by atoms with Crippen LogP contribution >= 0.6 is 0 Å². The molecule has 0 aliphatic rings. The van der Waals surface area contributed by atoms with Gasteiger partial charge in [-0.25, -0.2) is 4.79 Å². The van der Waals surface area contributed by atoms with Crippen molar-refractivity contribution >= 4 is 5.97 Å². The summed E-state index contributed by atoms with van der Waals surface area (Å²) in [4.78, 5) is 11.7. The average molecular weight is 349 g/mol. The van der Waals surface area contributed by atoms with Crippen LogP contribution in [0.3, 0.4) is 0 Å². The molecule has 1 aromatic rings. The molecule has 142 valence electrons. The fourth-order valence-corrected chi connectivity index (χ4v) is 3.38. The molecule has 3 heteroatoms. The maximum atomic E-state index is 11.7. The van der Waals surface area contributed by atoms with E-state index >= 15 is 0 Å². The van der Waals surface area contributed by atoms with E-state index in [1.54, 1.807) is 13.2 Å². The minimum Gasteiger partial charge on any atom is -0.478 e. The second kappa shape index (κ2) is 12.1. The van der Waals surface area contributed by atoms with Gasteiger partial charge < -0.3 is 9.84 Å². The first kappa shape index (κ1) is 21.7. The molecule has 1 N–H and O–H groups in total. The van der Waals surface area contributed by atoms with Gasteiger partial charge >= 0.3 is 5.97 Å². The van der Waals surface area contributed by atoms with E-state index in [0.29, 0.717) is 18.6 Å². The number of unbranched alkanes of at least 4 members (excludes halogenated alkanes) is 3. The zero-order valence-corrected chi connectivity index (χ0v) is 16.6. The van der Waals surface area contributed by atoms with Crippen LogP contribution in [0.1, 0.15) is 86.3 Å². The first-order chi connectivity index (χ1) is 12.0. The first-order valence-electron chi connectivity index (χ1n) is 9.87. The summed E-state index contributed by atoms with van der Waals surface area (Å²) in [5.74, 6) is -0.0677. The highest BCUT2D eigenvalue weighted by Gasteiger charge is 2.17. The lowest BCUT2D eigenvalue weighted by molar-refractivity contribution is 0.0695. The molecule has 0 fully saturated rings. The van der Waals surface area contributed by atoms with Crippen molar-refractivity contribution in [3.8, 4) is 0 Å². The largest absolute Gasteiger partial charge is 0.478 e. The lowest BCUT2D eigenvalue weighted by Gasteiger charge is -2.18. The SMILES string of the molecule is CCCCc1ccc(C(=O)O)c(CCOC)c1CCCCCC(C)C. The van der Waals surface area contributed by atoms with E-state index in [4.69, 9.17) is 4.74 Å². The standard InChI is InChI=1S/C22H36O3/c1-5-6-11-18-13-14-21(22(23)24)20(15-16-25-4)19(18)12-9-7-8-10-17(2)3/h13-14,17H,5-12,15-16H2,1-4H3,(H,23,24). The van der Waals surface area contributed by atoms with Gasteiger partial charge in [0, 0.05) is 7.11 Å². The molecule has 0 aliphatic heterocycles. The number of carbonyl (C=O) groups is 1. The number of hydrogen-bond acceptors (Lipinski definition) is 2. The quantitative estimate of drug-likeness (QED) is 0.467. The van der Waals surface area contributed by atoms with Gasteiger partial charge in [0.15, 0.2) is 0 Å². The molecule has 0 spiro atoms. The molecule has 0 saturated carbocycles. The monoisotopic (exact) mass is 348 g/mol. The Hall–Kier alpha value is -1.35. The summed E-state index contributed by atoms with van der Waals surface area (Å²) in [6.45, 7) is 7.30. The Morgan fingerprint density at radius 3 is 2.40 bits per heavy atom. The zero-order valence-electron chi connectivity index (χ0n) is 16.6. The molecule has 0 bridgehead atoms. The third-order valence-corrected chi connectivity index (χ3v) is 4.82. The van der Waals surface area contributed by atoms with Crippen LogP contribution in [0.4, 0.5) is 0 Å². The Bertz CT molecular complexity index is 520. The molecular weight excluding hydrogens is 312 g/mol. The van der Waals surface area contributed by atoms with E-state index in [9.17, 15) is 9.90 Å². The Balaban J connectivity index is 2.98. The number of methoxy groups -OCH3 is 1. The van der Waals surface area contributed by atoms with Crippen molar-refractivity contribution in [2.75, 3.05) is 13.7 Å². The minimum atomic E-state index is -0.825. The first-order valence-corrected chi connectivity index (χ1v) is 9.87. The van der Waals surface area contributed by atoms with Gasteiger partial charge in [-0.3, -0.25) is 0 Å². The highest BCUT2D eigenvalue weighted by molar-refractivity contribution is 5.90. The molecule has 25 heavy (non-hydrogen) atoms. The van der Waals surface area contributed by atoms with Gasteiger partial charge in [-0.2, -0.15) is 0 Å². The smallest absolute Gasteiger partial charge is 0.335 e. The number of aromatic carboxylic acids is 1. The number of ether oxygens (including phenoxy) is 1. The summed E-state index contributed by atoms with van der Waals surface area (Å²) in [6, 6.07) is 3.83. The van der Waals surface area contributed by atoms with Gasteiger partial charge in [-0.1, -0.05) is 52.5 Å². The second-order valence-electron chi connectivity index (χ2n) is 7.37. The summed E-state index contributed by atoms with van der Waals surface area (Å²) in [5, 5.41) is 9.59. The van der Waals surface area contributed by atoms with Crippen molar-refractivity contribution in [1.29, 1.82) is 0 Å². The average Bonchev–Trinajstić information content (AvgIpc) is 2.57. The van der Waals surface area contributed by atoms with Crippen molar-refractivity contribution in [2.24, 2.45) is 5.92 Å². The minimum absolute atomic E-state index is 0.453. The molecule has 1 rings (SSSR count). The van der Waals surface area contributed by atoms with Gasteiger partial charge in [0.25, 0.3) is 0 Å². The zero-order chi connectivity index (χ0) is 18.7. The third-order valence-electron chi connectivity index (χ3n) is 4.82. The molecule has 0 atom stereocenters. The number of rotatable bonds is 13. The van der Waals surface area contributed by atoms with Crippen LogP contribution in [0.5, 0.6) is 0 Å². The Morgan fingerprint density at radius 1 is 1.04 bits per heavy atom. The number of carboxylic acids is 1. The normalized spacial score (nSPS) is 11.2. The molecule has 0 radical (unpaired) electrons. The fourth-order valence-electron chi connectivity index (χ4n) is 3.38. The second-order valence-corrected chi connectivity index (χ2v) is 7.37. The maximum Gasteiger partial charge on any atom is 0.335 e. The molecule has 0 amide bonds. The van der Waals surface area contributed by atoms with E-state index in [0.717, 1.165) is 43.6 Å². The molecule has 3 nitrogen and oxygen atoms in total. The molecule has 0 aliphatic carbocycles. The van der Waals surface area contributed by atoms with Crippen LogP contribution < -0.4 is 0 Å². The lowest BCUT2D eigenvalue weighted by Crippen LogP contribution is -2.11. The fraction of sp³-hybridized carbons (Fsp3) is 0.682. The van der Waals surface area contributed by atoms with Crippen molar-refractivity contribution in [3.05, 3.63) is 34.4 Å². The van der Waals surface area contributed by atoms with Crippen molar-refractivity contribution in [3.63, 3.8) is 0 Å². The number of aryl methyl sites for hydroxylation is 1. The van der Waals surface area contributed by atoms with Crippen molar-refractivity contribution in [2.45, 2.75) is 78.6 Å². The third kappa shape index (κ3) is 7.60. The van der Waals surface area contributed by atoms with Gasteiger partial charge in [0.1, 0.15) is 0 Å². The highest BCUT2D eigenvalue weighted by atomic mass is 16.5. The summed E-state index contributed by atoms with van der Waals surface area (Å²) in [5.41, 5.74) is 4.05. The molecule has 1 aromatic carbocycles.